The van der Waals surface area contributed by atoms with Crippen LogP contribution in [0.4, 0.5) is 5.69 Å². The highest BCUT2D eigenvalue weighted by Gasteiger charge is 2.33. The molecule has 102 valence electrons. The first kappa shape index (κ1) is 13.3. The molecule has 0 bridgehead atoms. The quantitative estimate of drug-likeness (QED) is 0.889. The lowest BCUT2D eigenvalue weighted by Crippen LogP contribution is -2.08. The van der Waals surface area contributed by atoms with E-state index in [2.05, 4.69) is 43.4 Å². The van der Waals surface area contributed by atoms with Crippen LogP contribution in [0.25, 0.3) is 11.1 Å². The highest BCUT2D eigenvalue weighted by molar-refractivity contribution is 7.99. The molecule has 20 heavy (non-hydrogen) atoms. The predicted molar refractivity (Wildman–Crippen MR) is 86.2 cm³/mol. The van der Waals surface area contributed by atoms with Crippen LogP contribution in [0.1, 0.15) is 21.9 Å². The molecule has 0 radical (unpaired) electrons. The first-order valence-electron chi connectivity index (χ1n) is 6.66. The molecule has 1 unspecified atom stereocenters. The summed E-state index contributed by atoms with van der Waals surface area (Å²) in [7, 11) is 0. The fourth-order valence-corrected chi connectivity index (χ4v) is 3.65. The monoisotopic (exact) mass is 283 g/mol. The summed E-state index contributed by atoms with van der Waals surface area (Å²) in [6.45, 7) is 4.17. The highest BCUT2D eigenvalue weighted by Crippen LogP contribution is 2.46. The molecule has 1 N–H and O–H groups in total. The molecule has 3 rings (SSSR count). The Morgan fingerprint density at radius 2 is 1.75 bits per heavy atom. The fourth-order valence-electron chi connectivity index (χ4n) is 2.84. The molecule has 3 heteroatoms. The maximum Gasteiger partial charge on any atom is 0.242 e. The van der Waals surface area contributed by atoms with Crippen LogP contribution < -0.4 is 5.32 Å². The number of hydrogen-bond donors (Lipinski definition) is 1. The second-order valence-corrected chi connectivity index (χ2v) is 6.08. The van der Waals surface area contributed by atoms with Gasteiger partial charge in [0.05, 0.1) is 5.69 Å². The van der Waals surface area contributed by atoms with Crippen molar-refractivity contribution in [2.45, 2.75) is 19.1 Å². The van der Waals surface area contributed by atoms with E-state index in [1.807, 2.05) is 18.4 Å². The number of carbonyl (C=O) groups excluding carboxylic acids is 1. The summed E-state index contributed by atoms with van der Waals surface area (Å²) in [6, 6.07) is 12.5. The number of benzene rings is 2. The van der Waals surface area contributed by atoms with Crippen molar-refractivity contribution in [1.82, 2.24) is 0 Å². The number of anilines is 1. The molecular formula is C17H17NOS. The topological polar surface area (TPSA) is 29.1 Å². The summed E-state index contributed by atoms with van der Waals surface area (Å²) in [5.74, 6) is 0.0941. The number of amides is 1. The molecule has 0 aliphatic carbocycles. The van der Waals surface area contributed by atoms with Crippen molar-refractivity contribution in [1.29, 1.82) is 0 Å². The van der Waals surface area contributed by atoms with Gasteiger partial charge in [0.25, 0.3) is 0 Å². The highest BCUT2D eigenvalue weighted by atomic mass is 32.2. The lowest BCUT2D eigenvalue weighted by atomic mass is 9.94. The largest absolute Gasteiger partial charge is 0.324 e. The molecule has 1 amide bonds. The summed E-state index contributed by atoms with van der Waals surface area (Å²) in [5, 5.41) is 2.98. The lowest BCUT2D eigenvalue weighted by Gasteiger charge is -2.13. The summed E-state index contributed by atoms with van der Waals surface area (Å²) < 4.78 is 0. The predicted octanol–water partition coefficient (Wildman–Crippen LogP) is 4.33. The van der Waals surface area contributed by atoms with Gasteiger partial charge < -0.3 is 5.32 Å². The van der Waals surface area contributed by atoms with Crippen LogP contribution in [0.15, 0.2) is 36.4 Å². The van der Waals surface area contributed by atoms with Crippen molar-refractivity contribution in [3.8, 4) is 11.1 Å². The van der Waals surface area contributed by atoms with Gasteiger partial charge in [0.2, 0.25) is 5.91 Å². The molecule has 0 saturated carbocycles. The van der Waals surface area contributed by atoms with Crippen LogP contribution in [-0.4, -0.2) is 12.2 Å². The smallest absolute Gasteiger partial charge is 0.242 e. The summed E-state index contributed by atoms with van der Waals surface area (Å²) in [5.41, 5.74) is 6.83. The zero-order chi connectivity index (χ0) is 14.3. The molecule has 1 heterocycles. The van der Waals surface area contributed by atoms with E-state index in [4.69, 9.17) is 0 Å². The average Bonchev–Trinajstić information content (AvgIpc) is 2.77. The molecule has 0 aromatic heterocycles. The molecule has 2 nitrogen and oxygen atoms in total. The van der Waals surface area contributed by atoms with Crippen molar-refractivity contribution in [2.24, 2.45) is 0 Å². The summed E-state index contributed by atoms with van der Waals surface area (Å²) in [6.07, 6.45) is 1.99. The molecule has 1 atom stereocenters. The maximum absolute atomic E-state index is 12.2. The van der Waals surface area contributed by atoms with Gasteiger partial charge in [-0.25, -0.2) is 0 Å². The van der Waals surface area contributed by atoms with Gasteiger partial charge in [-0.05, 0) is 36.8 Å². The van der Waals surface area contributed by atoms with Gasteiger partial charge >= 0.3 is 0 Å². The minimum atomic E-state index is -0.0889. The average molecular weight is 283 g/mol. The molecule has 1 aliphatic rings. The van der Waals surface area contributed by atoms with Crippen molar-refractivity contribution < 1.29 is 4.79 Å². The minimum absolute atomic E-state index is 0.0889. The SMILES string of the molecule is CSC1C(=O)Nc2c(-c3ccccc3C)ccc(C)c21. The molecule has 1 aliphatic heterocycles. The molecule has 0 fully saturated rings. The van der Waals surface area contributed by atoms with Gasteiger partial charge in [0, 0.05) is 11.1 Å². The lowest BCUT2D eigenvalue weighted by molar-refractivity contribution is -0.115. The van der Waals surface area contributed by atoms with E-state index in [9.17, 15) is 4.79 Å². The second kappa shape index (κ2) is 4.98. The van der Waals surface area contributed by atoms with E-state index in [-0.39, 0.29) is 11.2 Å². The van der Waals surface area contributed by atoms with Crippen LogP contribution >= 0.6 is 11.8 Å². The number of aryl methyl sites for hydroxylation is 2. The van der Waals surface area contributed by atoms with Crippen LogP contribution in [-0.2, 0) is 4.79 Å². The van der Waals surface area contributed by atoms with E-state index in [1.165, 1.54) is 16.7 Å². The Kier molecular flexibility index (Phi) is 3.30. The van der Waals surface area contributed by atoms with Gasteiger partial charge in [-0.3, -0.25) is 4.79 Å². The normalized spacial score (nSPS) is 16.9. The second-order valence-electron chi connectivity index (χ2n) is 5.14. The standard InChI is InChI=1S/C17H17NOS/c1-10-6-4-5-7-12(10)13-9-8-11(2)14-15(13)18-17(19)16(14)20-3/h4-9,16H,1-3H3,(H,18,19). The van der Waals surface area contributed by atoms with Crippen LogP contribution in [0.5, 0.6) is 0 Å². The van der Waals surface area contributed by atoms with E-state index >= 15 is 0 Å². The van der Waals surface area contributed by atoms with Crippen molar-refractivity contribution in [2.75, 3.05) is 11.6 Å². The van der Waals surface area contributed by atoms with Gasteiger partial charge in [0.1, 0.15) is 5.25 Å². The van der Waals surface area contributed by atoms with Gasteiger partial charge in [-0.2, -0.15) is 0 Å². The third-order valence-corrected chi connectivity index (χ3v) is 4.80. The van der Waals surface area contributed by atoms with Crippen molar-refractivity contribution in [3.05, 3.63) is 53.1 Å². The van der Waals surface area contributed by atoms with Crippen LogP contribution in [0.3, 0.4) is 0 Å². The Balaban J connectivity index is 2.25. The van der Waals surface area contributed by atoms with Gasteiger partial charge in [0.15, 0.2) is 0 Å². The third kappa shape index (κ3) is 1.93. The maximum atomic E-state index is 12.2. The molecule has 0 saturated heterocycles. The van der Waals surface area contributed by atoms with Gasteiger partial charge in [-0.1, -0.05) is 36.4 Å². The van der Waals surface area contributed by atoms with E-state index < -0.39 is 0 Å². The third-order valence-electron chi connectivity index (χ3n) is 3.88. The Hall–Kier alpha value is -1.74. The number of nitrogens with one attached hydrogen (secondary N) is 1. The Morgan fingerprint density at radius 1 is 1.00 bits per heavy atom. The zero-order valence-electron chi connectivity index (χ0n) is 11.9. The molecule has 2 aromatic rings. The van der Waals surface area contributed by atoms with Crippen molar-refractivity contribution in [3.63, 3.8) is 0 Å². The molecular weight excluding hydrogens is 266 g/mol. The first-order chi connectivity index (χ1) is 9.63. The first-order valence-corrected chi connectivity index (χ1v) is 7.95. The number of carbonyl (C=O) groups is 1. The minimum Gasteiger partial charge on any atom is -0.324 e. The summed E-state index contributed by atoms with van der Waals surface area (Å²) >= 11 is 1.59. The number of thioether (sulfide) groups is 1. The van der Waals surface area contributed by atoms with E-state index in [0.717, 1.165) is 16.8 Å². The number of rotatable bonds is 2. The van der Waals surface area contributed by atoms with Crippen LogP contribution in [0, 0.1) is 13.8 Å². The number of fused-ring (bicyclic) bond motifs is 1. The van der Waals surface area contributed by atoms with Crippen molar-refractivity contribution >= 4 is 23.4 Å². The Labute approximate surface area is 123 Å². The van der Waals surface area contributed by atoms with E-state index in [0.29, 0.717) is 0 Å². The fraction of sp³-hybridized carbons (Fsp3) is 0.235. The zero-order valence-corrected chi connectivity index (χ0v) is 12.7. The summed E-state index contributed by atoms with van der Waals surface area (Å²) in [4.78, 5) is 12.2. The van der Waals surface area contributed by atoms with E-state index in [1.54, 1.807) is 11.8 Å². The van der Waals surface area contributed by atoms with Crippen LogP contribution in [0.2, 0.25) is 0 Å². The molecule has 2 aromatic carbocycles. The molecule has 0 spiro atoms. The Morgan fingerprint density at radius 3 is 2.45 bits per heavy atom. The number of hydrogen-bond acceptors (Lipinski definition) is 2. The Bertz CT molecular complexity index is 693. The van der Waals surface area contributed by atoms with Gasteiger partial charge in [-0.15, -0.1) is 11.8 Å².